The molecule has 0 heterocycles. The Hall–Kier alpha value is -0.0800. The topological polar surface area (TPSA) is 40.5 Å². The Labute approximate surface area is 268 Å². The lowest BCUT2D eigenvalue weighted by Crippen LogP contribution is -1.85. The molecule has 0 aromatic heterocycles. The monoisotopic (exact) mass is 597 g/mol. The maximum atomic E-state index is 8.69. The van der Waals surface area contributed by atoms with Crippen molar-refractivity contribution in [3.63, 3.8) is 0 Å². The van der Waals surface area contributed by atoms with Gasteiger partial charge in [0.1, 0.15) is 0 Å². The molecule has 0 radical (unpaired) electrons. The molecule has 0 unspecified atom stereocenters. The first-order valence-corrected chi connectivity index (χ1v) is 20.0. The summed E-state index contributed by atoms with van der Waals surface area (Å²) in [6.07, 6.45) is 50.3. The average Bonchev–Trinajstić information content (AvgIpc) is 3.00. The molecule has 0 saturated heterocycles. The molecular formula is C40H84O2. The zero-order chi connectivity index (χ0) is 30.9. The Morgan fingerprint density at radius 1 is 0.190 bits per heavy atom. The van der Waals surface area contributed by atoms with Gasteiger partial charge >= 0.3 is 0 Å². The van der Waals surface area contributed by atoms with E-state index in [9.17, 15) is 0 Å². The van der Waals surface area contributed by atoms with E-state index < -0.39 is 0 Å². The van der Waals surface area contributed by atoms with Crippen LogP contribution in [0.3, 0.4) is 0 Å². The summed E-state index contributed by atoms with van der Waals surface area (Å²) in [5, 5.41) is 17.4. The zero-order valence-electron chi connectivity index (χ0n) is 29.8. The molecule has 0 aliphatic carbocycles. The molecule has 0 bridgehead atoms. The fraction of sp³-hybridized carbons (Fsp3) is 1.00. The third-order valence-electron chi connectivity index (χ3n) is 9.02. The van der Waals surface area contributed by atoms with Crippen molar-refractivity contribution >= 4 is 0 Å². The van der Waals surface area contributed by atoms with Gasteiger partial charge in [-0.1, -0.05) is 232 Å². The Morgan fingerprint density at radius 3 is 0.429 bits per heavy atom. The van der Waals surface area contributed by atoms with Gasteiger partial charge in [0.25, 0.3) is 0 Å². The van der Waals surface area contributed by atoms with E-state index in [4.69, 9.17) is 10.2 Å². The lowest BCUT2D eigenvalue weighted by atomic mass is 10.0. The summed E-state index contributed by atoms with van der Waals surface area (Å²) in [7, 11) is 0. The number of aliphatic hydroxyl groups excluding tert-OH is 2. The van der Waals surface area contributed by atoms with Crippen LogP contribution in [0.15, 0.2) is 0 Å². The molecule has 2 nitrogen and oxygen atoms in total. The largest absolute Gasteiger partial charge is 0.396 e. The van der Waals surface area contributed by atoms with Gasteiger partial charge in [-0.25, -0.2) is 0 Å². The molecule has 0 atom stereocenters. The molecule has 2 N–H and O–H groups in total. The predicted molar refractivity (Wildman–Crippen MR) is 192 cm³/mol. The summed E-state index contributed by atoms with van der Waals surface area (Å²) >= 11 is 0. The number of rotatable bonds is 36. The Morgan fingerprint density at radius 2 is 0.310 bits per heavy atom. The van der Waals surface area contributed by atoms with E-state index in [1.54, 1.807) is 0 Å². The smallest absolute Gasteiger partial charge is 0.0431 e. The van der Waals surface area contributed by atoms with Crippen LogP contribution in [0.25, 0.3) is 0 Å². The molecule has 256 valence electrons. The molecule has 0 aromatic rings. The van der Waals surface area contributed by atoms with Crippen LogP contribution in [0.5, 0.6) is 0 Å². The number of unbranched alkanes of at least 4 members (excludes halogenated alkanes) is 34. The van der Waals surface area contributed by atoms with Crippen LogP contribution in [-0.2, 0) is 0 Å². The first kappa shape index (κ1) is 44.0. The third kappa shape index (κ3) is 46.9. The SMILES string of the molecule is CCCCCCCCCCCCCCCCCCCCO.CCCCCCCCCCCCCCCCCCCCO. The van der Waals surface area contributed by atoms with E-state index >= 15 is 0 Å². The van der Waals surface area contributed by atoms with Crippen LogP contribution in [0.1, 0.15) is 245 Å². The molecule has 0 spiro atoms. The van der Waals surface area contributed by atoms with Crippen molar-refractivity contribution in [1.29, 1.82) is 0 Å². The van der Waals surface area contributed by atoms with Gasteiger partial charge in [0.2, 0.25) is 0 Å². The van der Waals surface area contributed by atoms with E-state index in [-0.39, 0.29) is 0 Å². The van der Waals surface area contributed by atoms with Gasteiger partial charge in [-0.05, 0) is 12.8 Å². The summed E-state index contributed by atoms with van der Waals surface area (Å²) in [5.41, 5.74) is 0. The van der Waals surface area contributed by atoms with Gasteiger partial charge in [0, 0.05) is 13.2 Å². The highest BCUT2D eigenvalue weighted by molar-refractivity contribution is 4.52. The number of aliphatic hydroxyl groups is 2. The van der Waals surface area contributed by atoms with Crippen molar-refractivity contribution in [2.45, 2.75) is 245 Å². The van der Waals surface area contributed by atoms with Crippen molar-refractivity contribution in [2.24, 2.45) is 0 Å². The van der Waals surface area contributed by atoms with Crippen LogP contribution in [0.4, 0.5) is 0 Å². The number of hydrogen-bond donors (Lipinski definition) is 2. The van der Waals surface area contributed by atoms with Gasteiger partial charge in [0.05, 0.1) is 0 Å². The lowest BCUT2D eigenvalue weighted by molar-refractivity contribution is 0.282. The Kier molecular flexibility index (Phi) is 47.6. The normalized spacial score (nSPS) is 11.1. The lowest BCUT2D eigenvalue weighted by Gasteiger charge is -2.03. The van der Waals surface area contributed by atoms with Crippen molar-refractivity contribution in [3.05, 3.63) is 0 Å². The van der Waals surface area contributed by atoms with E-state index in [1.807, 2.05) is 0 Å². The van der Waals surface area contributed by atoms with Gasteiger partial charge in [-0.3, -0.25) is 0 Å². The molecule has 42 heavy (non-hydrogen) atoms. The standard InChI is InChI=1S/2C20H42O/c2*1-2-3-4-5-6-7-8-9-10-11-12-13-14-15-16-17-18-19-20-21/h2*21H,2-20H2,1H3. The maximum Gasteiger partial charge on any atom is 0.0431 e. The zero-order valence-corrected chi connectivity index (χ0v) is 29.8. The summed E-state index contributed by atoms with van der Waals surface area (Å²) in [4.78, 5) is 0. The average molecular weight is 597 g/mol. The van der Waals surface area contributed by atoms with Gasteiger partial charge in [0.15, 0.2) is 0 Å². The van der Waals surface area contributed by atoms with Crippen molar-refractivity contribution in [1.82, 2.24) is 0 Å². The molecule has 0 aliphatic heterocycles. The first-order chi connectivity index (χ1) is 20.8. The second kappa shape index (κ2) is 45.4. The van der Waals surface area contributed by atoms with E-state index in [0.29, 0.717) is 13.2 Å². The molecule has 0 saturated carbocycles. The highest BCUT2D eigenvalue weighted by atomic mass is 16.3. The Bertz CT molecular complexity index is 336. The molecule has 0 amide bonds. The van der Waals surface area contributed by atoms with Crippen LogP contribution in [-0.4, -0.2) is 23.4 Å². The fourth-order valence-corrected chi connectivity index (χ4v) is 6.03. The van der Waals surface area contributed by atoms with Gasteiger partial charge in [-0.15, -0.1) is 0 Å². The van der Waals surface area contributed by atoms with E-state index in [1.165, 1.54) is 218 Å². The van der Waals surface area contributed by atoms with Crippen molar-refractivity contribution in [2.75, 3.05) is 13.2 Å². The van der Waals surface area contributed by atoms with Crippen molar-refractivity contribution < 1.29 is 10.2 Å². The quantitative estimate of drug-likeness (QED) is 0.0706. The summed E-state index contributed by atoms with van der Waals surface area (Å²) in [6.45, 7) is 5.33. The molecule has 2 heteroatoms. The molecule has 0 aliphatic rings. The molecule has 0 rings (SSSR count). The van der Waals surface area contributed by atoms with Gasteiger partial charge in [-0.2, -0.15) is 0 Å². The second-order valence-corrected chi connectivity index (χ2v) is 13.5. The van der Waals surface area contributed by atoms with E-state index in [2.05, 4.69) is 13.8 Å². The van der Waals surface area contributed by atoms with Crippen LogP contribution in [0, 0.1) is 0 Å². The van der Waals surface area contributed by atoms with Gasteiger partial charge < -0.3 is 10.2 Å². The third-order valence-corrected chi connectivity index (χ3v) is 9.02. The Balaban J connectivity index is 0. The first-order valence-electron chi connectivity index (χ1n) is 20.0. The highest BCUT2D eigenvalue weighted by Crippen LogP contribution is 2.15. The minimum Gasteiger partial charge on any atom is -0.396 e. The molecular weight excluding hydrogens is 512 g/mol. The minimum atomic E-state index is 0.374. The summed E-state index contributed by atoms with van der Waals surface area (Å²) in [5.74, 6) is 0. The van der Waals surface area contributed by atoms with Crippen molar-refractivity contribution in [3.8, 4) is 0 Å². The van der Waals surface area contributed by atoms with Crippen LogP contribution < -0.4 is 0 Å². The van der Waals surface area contributed by atoms with Crippen LogP contribution >= 0.6 is 0 Å². The molecule has 0 fully saturated rings. The summed E-state index contributed by atoms with van der Waals surface area (Å²) < 4.78 is 0. The highest BCUT2D eigenvalue weighted by Gasteiger charge is 1.96. The predicted octanol–water partition coefficient (Wildman–Crippen LogP) is 14.0. The van der Waals surface area contributed by atoms with E-state index in [0.717, 1.165) is 12.8 Å². The van der Waals surface area contributed by atoms with Crippen LogP contribution in [0.2, 0.25) is 0 Å². The number of hydrogen-bond acceptors (Lipinski definition) is 2. The fourth-order valence-electron chi connectivity index (χ4n) is 6.03. The summed E-state index contributed by atoms with van der Waals surface area (Å²) in [6, 6.07) is 0. The maximum absolute atomic E-state index is 8.69. The molecule has 0 aromatic carbocycles. The second-order valence-electron chi connectivity index (χ2n) is 13.5. The minimum absolute atomic E-state index is 0.374.